The van der Waals surface area contributed by atoms with Gasteiger partial charge in [0, 0.05) is 5.69 Å². The number of anilines is 1. The second kappa shape index (κ2) is 5.04. The zero-order chi connectivity index (χ0) is 10.6. The summed E-state index contributed by atoms with van der Waals surface area (Å²) in [5.41, 5.74) is 9.42. The number of rotatable bonds is 4. The van der Waals surface area contributed by atoms with Gasteiger partial charge in [0.1, 0.15) is 0 Å². The summed E-state index contributed by atoms with van der Waals surface area (Å²) in [6.45, 7) is 6.71. The van der Waals surface area contributed by atoms with E-state index in [1.54, 1.807) is 0 Å². The molecule has 14 heavy (non-hydrogen) atoms. The number of hydrogen-bond acceptors (Lipinski definition) is 1. The van der Waals surface area contributed by atoms with E-state index in [-0.39, 0.29) is 0 Å². The van der Waals surface area contributed by atoms with E-state index in [4.69, 9.17) is 5.73 Å². The minimum absolute atomic E-state index is 0.816. The Hall–Kier alpha value is -0.980. The highest BCUT2D eigenvalue weighted by atomic mass is 14.5. The highest BCUT2D eigenvalue weighted by Crippen LogP contribution is 2.17. The summed E-state index contributed by atoms with van der Waals surface area (Å²) in [7, 11) is 0. The van der Waals surface area contributed by atoms with Crippen LogP contribution in [0.4, 0.5) is 5.69 Å². The van der Waals surface area contributed by atoms with Crippen LogP contribution in [0.5, 0.6) is 0 Å². The Morgan fingerprint density at radius 2 is 2.07 bits per heavy atom. The maximum Gasteiger partial charge on any atom is 0.0316 e. The molecule has 1 unspecified atom stereocenters. The van der Waals surface area contributed by atoms with Gasteiger partial charge in [-0.25, -0.2) is 0 Å². The molecule has 0 aliphatic heterocycles. The van der Waals surface area contributed by atoms with Gasteiger partial charge in [0.2, 0.25) is 0 Å². The topological polar surface area (TPSA) is 26.0 Å². The third kappa shape index (κ3) is 3.06. The molecule has 0 fully saturated rings. The van der Waals surface area contributed by atoms with Gasteiger partial charge in [0.15, 0.2) is 0 Å². The molecule has 0 aromatic heterocycles. The summed E-state index contributed by atoms with van der Waals surface area (Å²) in [4.78, 5) is 0. The van der Waals surface area contributed by atoms with E-state index in [0.717, 1.165) is 18.0 Å². The Morgan fingerprint density at radius 1 is 1.36 bits per heavy atom. The van der Waals surface area contributed by atoms with Crippen LogP contribution in [-0.2, 0) is 6.42 Å². The van der Waals surface area contributed by atoms with Crippen molar-refractivity contribution in [2.75, 3.05) is 5.73 Å². The standard InChI is InChI=1S/C13H21N/c1-4-10(2)5-7-12-9-13(14)8-6-11(12)3/h6,8-10H,4-5,7,14H2,1-3H3. The van der Waals surface area contributed by atoms with Crippen LogP contribution in [0.3, 0.4) is 0 Å². The summed E-state index contributed by atoms with van der Waals surface area (Å²) in [6.07, 6.45) is 3.69. The molecule has 0 aliphatic rings. The Bertz CT molecular complexity index is 291. The monoisotopic (exact) mass is 191 g/mol. The predicted molar refractivity (Wildman–Crippen MR) is 63.4 cm³/mol. The molecule has 0 bridgehead atoms. The first-order chi connectivity index (χ1) is 6.63. The van der Waals surface area contributed by atoms with Crippen molar-refractivity contribution in [3.05, 3.63) is 29.3 Å². The third-order valence-electron chi connectivity index (χ3n) is 2.98. The summed E-state index contributed by atoms with van der Waals surface area (Å²) in [5.74, 6) is 0.816. The van der Waals surface area contributed by atoms with Crippen molar-refractivity contribution in [2.24, 2.45) is 5.92 Å². The highest BCUT2D eigenvalue weighted by molar-refractivity contribution is 5.44. The Morgan fingerprint density at radius 3 is 2.71 bits per heavy atom. The SMILES string of the molecule is CCC(C)CCc1cc(N)ccc1C. The number of hydrogen-bond donors (Lipinski definition) is 1. The van der Waals surface area contributed by atoms with E-state index in [9.17, 15) is 0 Å². The van der Waals surface area contributed by atoms with E-state index in [1.165, 1.54) is 24.0 Å². The smallest absolute Gasteiger partial charge is 0.0316 e. The second-order valence-electron chi connectivity index (χ2n) is 4.24. The minimum atomic E-state index is 0.816. The average molecular weight is 191 g/mol. The Balaban J connectivity index is 2.62. The molecule has 2 N–H and O–H groups in total. The van der Waals surface area contributed by atoms with Gasteiger partial charge in [0.05, 0.1) is 0 Å². The lowest BCUT2D eigenvalue weighted by Crippen LogP contribution is -1.98. The molecule has 1 heteroatoms. The lowest BCUT2D eigenvalue weighted by Gasteiger charge is -2.10. The third-order valence-corrected chi connectivity index (χ3v) is 2.98. The molecule has 78 valence electrons. The van der Waals surface area contributed by atoms with Crippen LogP contribution in [0.1, 0.15) is 37.8 Å². The second-order valence-corrected chi connectivity index (χ2v) is 4.24. The fraction of sp³-hybridized carbons (Fsp3) is 0.538. The summed E-state index contributed by atoms with van der Waals surface area (Å²) < 4.78 is 0. The molecule has 0 spiro atoms. The van der Waals surface area contributed by atoms with Gasteiger partial charge in [-0.1, -0.05) is 26.3 Å². The Labute approximate surface area is 87.3 Å². The van der Waals surface area contributed by atoms with Crippen LogP contribution in [-0.4, -0.2) is 0 Å². The van der Waals surface area contributed by atoms with E-state index < -0.39 is 0 Å². The zero-order valence-electron chi connectivity index (χ0n) is 9.51. The molecular formula is C13H21N. The molecule has 1 atom stereocenters. The number of benzene rings is 1. The van der Waals surface area contributed by atoms with Crippen molar-refractivity contribution in [2.45, 2.75) is 40.0 Å². The van der Waals surface area contributed by atoms with Crippen LogP contribution < -0.4 is 5.73 Å². The van der Waals surface area contributed by atoms with Crippen LogP contribution in [0.25, 0.3) is 0 Å². The van der Waals surface area contributed by atoms with Crippen LogP contribution in [0.2, 0.25) is 0 Å². The van der Waals surface area contributed by atoms with E-state index >= 15 is 0 Å². The average Bonchev–Trinajstić information content (AvgIpc) is 2.19. The lowest BCUT2D eigenvalue weighted by molar-refractivity contribution is 0.516. The molecule has 0 aliphatic carbocycles. The van der Waals surface area contributed by atoms with E-state index in [1.807, 2.05) is 6.07 Å². The molecule has 1 nitrogen and oxygen atoms in total. The van der Waals surface area contributed by atoms with Crippen molar-refractivity contribution >= 4 is 5.69 Å². The van der Waals surface area contributed by atoms with Crippen molar-refractivity contribution in [3.63, 3.8) is 0 Å². The van der Waals surface area contributed by atoms with E-state index in [2.05, 4.69) is 32.9 Å². The first-order valence-electron chi connectivity index (χ1n) is 5.48. The summed E-state index contributed by atoms with van der Waals surface area (Å²) in [5, 5.41) is 0. The molecule has 1 aromatic rings. The van der Waals surface area contributed by atoms with E-state index in [0.29, 0.717) is 0 Å². The van der Waals surface area contributed by atoms with Crippen LogP contribution in [0, 0.1) is 12.8 Å². The molecule has 1 aromatic carbocycles. The van der Waals surface area contributed by atoms with Gasteiger partial charge in [-0.3, -0.25) is 0 Å². The van der Waals surface area contributed by atoms with Crippen LogP contribution >= 0.6 is 0 Å². The van der Waals surface area contributed by atoms with Gasteiger partial charge in [-0.2, -0.15) is 0 Å². The Kier molecular flexibility index (Phi) is 3.99. The summed E-state index contributed by atoms with van der Waals surface area (Å²) >= 11 is 0. The maximum atomic E-state index is 5.77. The fourth-order valence-corrected chi connectivity index (χ4v) is 1.57. The van der Waals surface area contributed by atoms with Crippen LogP contribution in [0.15, 0.2) is 18.2 Å². The van der Waals surface area contributed by atoms with Gasteiger partial charge < -0.3 is 5.73 Å². The first-order valence-corrected chi connectivity index (χ1v) is 5.48. The molecule has 0 amide bonds. The van der Waals surface area contributed by atoms with Gasteiger partial charge in [-0.15, -0.1) is 0 Å². The molecular weight excluding hydrogens is 170 g/mol. The lowest BCUT2D eigenvalue weighted by atomic mass is 9.96. The molecule has 0 saturated heterocycles. The molecule has 0 saturated carbocycles. The molecule has 0 heterocycles. The van der Waals surface area contributed by atoms with Crippen molar-refractivity contribution in [3.8, 4) is 0 Å². The number of nitrogens with two attached hydrogens (primary N) is 1. The minimum Gasteiger partial charge on any atom is -0.399 e. The summed E-state index contributed by atoms with van der Waals surface area (Å²) in [6, 6.07) is 6.20. The van der Waals surface area contributed by atoms with Gasteiger partial charge in [0.25, 0.3) is 0 Å². The highest BCUT2D eigenvalue weighted by Gasteiger charge is 2.02. The van der Waals surface area contributed by atoms with Gasteiger partial charge in [-0.05, 0) is 48.9 Å². The predicted octanol–water partition coefficient (Wildman–Crippen LogP) is 3.56. The largest absolute Gasteiger partial charge is 0.399 e. The fourth-order valence-electron chi connectivity index (χ4n) is 1.57. The number of aryl methyl sites for hydroxylation is 2. The van der Waals surface area contributed by atoms with Crippen molar-refractivity contribution < 1.29 is 0 Å². The van der Waals surface area contributed by atoms with Gasteiger partial charge >= 0.3 is 0 Å². The first kappa shape index (κ1) is 11.1. The van der Waals surface area contributed by atoms with Crippen molar-refractivity contribution in [1.82, 2.24) is 0 Å². The number of nitrogen functional groups attached to an aromatic ring is 1. The maximum absolute atomic E-state index is 5.77. The molecule has 0 radical (unpaired) electrons. The van der Waals surface area contributed by atoms with Crippen molar-refractivity contribution in [1.29, 1.82) is 0 Å². The normalized spacial score (nSPS) is 12.8. The zero-order valence-corrected chi connectivity index (χ0v) is 9.51. The quantitative estimate of drug-likeness (QED) is 0.724. The molecule has 1 rings (SSSR count).